The SMILES string of the molecule is Cc1cc(Cc2nc(-c3ccc4c(c3)CCCC4)cs2)c(C(F)F)cc1NC1=NCCCN1. The number of halogens is 2. The maximum absolute atomic E-state index is 14.0. The van der Waals surface area contributed by atoms with E-state index < -0.39 is 6.43 Å². The fourth-order valence-corrected chi connectivity index (χ4v) is 5.43. The van der Waals surface area contributed by atoms with Crippen LogP contribution in [0.15, 0.2) is 40.7 Å². The Bertz CT molecular complexity index is 1190. The van der Waals surface area contributed by atoms with Gasteiger partial charge in [0.1, 0.15) is 0 Å². The van der Waals surface area contributed by atoms with Crippen LogP contribution >= 0.6 is 11.3 Å². The second-order valence-corrected chi connectivity index (χ2v) is 9.74. The van der Waals surface area contributed by atoms with Gasteiger partial charge < -0.3 is 10.6 Å². The molecule has 1 aliphatic heterocycles. The second-order valence-electron chi connectivity index (χ2n) is 8.80. The van der Waals surface area contributed by atoms with E-state index in [4.69, 9.17) is 4.98 Å². The minimum absolute atomic E-state index is 0.0463. The number of benzene rings is 2. The summed E-state index contributed by atoms with van der Waals surface area (Å²) in [6.07, 6.45) is 3.60. The highest BCUT2D eigenvalue weighted by atomic mass is 32.1. The van der Waals surface area contributed by atoms with Crippen molar-refractivity contribution in [3.63, 3.8) is 0 Å². The van der Waals surface area contributed by atoms with Gasteiger partial charge in [-0.1, -0.05) is 18.2 Å². The van der Waals surface area contributed by atoms with E-state index in [1.165, 1.54) is 35.3 Å². The summed E-state index contributed by atoms with van der Waals surface area (Å²) in [5.74, 6) is 0.645. The monoisotopic (exact) mass is 466 g/mol. The van der Waals surface area contributed by atoms with Crippen LogP contribution in [0.3, 0.4) is 0 Å². The molecule has 1 aromatic heterocycles. The highest BCUT2D eigenvalue weighted by Gasteiger charge is 2.19. The molecule has 0 radical (unpaired) electrons. The maximum Gasteiger partial charge on any atom is 0.264 e. The lowest BCUT2D eigenvalue weighted by atomic mass is 9.90. The number of aliphatic imine (C=N–C) groups is 1. The molecule has 5 rings (SSSR count). The first-order valence-corrected chi connectivity index (χ1v) is 12.5. The molecule has 0 atom stereocenters. The van der Waals surface area contributed by atoms with Crippen LogP contribution in [0.5, 0.6) is 0 Å². The lowest BCUT2D eigenvalue weighted by Gasteiger charge is -2.19. The number of fused-ring (bicyclic) bond motifs is 1. The Labute approximate surface area is 197 Å². The number of hydrogen-bond donors (Lipinski definition) is 2. The highest BCUT2D eigenvalue weighted by molar-refractivity contribution is 7.10. The molecule has 2 N–H and O–H groups in total. The Balaban J connectivity index is 1.38. The van der Waals surface area contributed by atoms with Crippen LogP contribution in [0.2, 0.25) is 0 Å². The first kappa shape index (κ1) is 22.0. The minimum Gasteiger partial charge on any atom is -0.356 e. The van der Waals surface area contributed by atoms with Gasteiger partial charge in [-0.2, -0.15) is 0 Å². The normalized spacial score (nSPS) is 15.7. The fourth-order valence-electron chi connectivity index (χ4n) is 4.60. The van der Waals surface area contributed by atoms with Gasteiger partial charge in [0, 0.05) is 41.7 Å². The molecule has 2 heterocycles. The van der Waals surface area contributed by atoms with Crippen molar-refractivity contribution in [3.8, 4) is 11.3 Å². The summed E-state index contributed by atoms with van der Waals surface area (Å²) in [5, 5.41) is 9.25. The van der Waals surface area contributed by atoms with Crippen LogP contribution in [0.25, 0.3) is 11.3 Å². The Morgan fingerprint density at radius 1 is 1.09 bits per heavy atom. The van der Waals surface area contributed by atoms with E-state index in [-0.39, 0.29) is 5.56 Å². The molecule has 0 bridgehead atoms. The number of aromatic nitrogens is 1. The van der Waals surface area contributed by atoms with Crippen molar-refractivity contribution in [1.82, 2.24) is 10.3 Å². The number of nitrogens with one attached hydrogen (secondary N) is 2. The number of aryl methyl sites for hydroxylation is 3. The molecule has 172 valence electrons. The molecule has 7 heteroatoms. The minimum atomic E-state index is -2.55. The molecule has 3 aromatic rings. The summed E-state index contributed by atoms with van der Waals surface area (Å²) < 4.78 is 27.9. The van der Waals surface area contributed by atoms with Gasteiger partial charge >= 0.3 is 0 Å². The highest BCUT2D eigenvalue weighted by Crippen LogP contribution is 2.33. The van der Waals surface area contributed by atoms with Gasteiger partial charge in [-0.3, -0.25) is 4.99 Å². The van der Waals surface area contributed by atoms with Crippen molar-refractivity contribution in [2.45, 2.75) is 51.9 Å². The summed E-state index contributed by atoms with van der Waals surface area (Å²) in [5.41, 5.74) is 7.15. The van der Waals surface area contributed by atoms with E-state index >= 15 is 0 Å². The lowest BCUT2D eigenvalue weighted by molar-refractivity contribution is 0.150. The molecule has 1 aliphatic carbocycles. The van der Waals surface area contributed by atoms with E-state index in [0.717, 1.165) is 54.2 Å². The number of guanidine groups is 1. The Morgan fingerprint density at radius 3 is 2.73 bits per heavy atom. The number of hydrogen-bond acceptors (Lipinski definition) is 5. The summed E-state index contributed by atoms with van der Waals surface area (Å²) in [6, 6.07) is 10.0. The molecular weight excluding hydrogens is 438 g/mol. The third-order valence-corrected chi connectivity index (χ3v) is 7.26. The Kier molecular flexibility index (Phi) is 6.40. The van der Waals surface area contributed by atoms with Crippen molar-refractivity contribution < 1.29 is 8.78 Å². The Hall–Kier alpha value is -2.80. The van der Waals surface area contributed by atoms with Crippen LogP contribution in [0.4, 0.5) is 14.5 Å². The van der Waals surface area contributed by atoms with E-state index in [9.17, 15) is 8.78 Å². The maximum atomic E-state index is 14.0. The van der Waals surface area contributed by atoms with Crippen molar-refractivity contribution in [1.29, 1.82) is 0 Å². The standard InChI is InChI=1S/C26H28F2N4S/c1-16-11-20(21(25(27)28)14-22(16)32-26-29-9-4-10-30-26)13-24-31-23(15-33-24)19-8-7-17-5-2-3-6-18(17)12-19/h7-8,11-12,14-15,25H,2-6,9-10,13H2,1H3,(H2,29,30,32). The summed E-state index contributed by atoms with van der Waals surface area (Å²) in [4.78, 5) is 9.19. The van der Waals surface area contributed by atoms with Crippen molar-refractivity contribution in [3.05, 3.63) is 68.5 Å². The molecule has 0 spiro atoms. The van der Waals surface area contributed by atoms with Crippen LogP contribution < -0.4 is 10.6 Å². The zero-order valence-electron chi connectivity index (χ0n) is 18.8. The van der Waals surface area contributed by atoms with Gasteiger partial charge in [0.2, 0.25) is 0 Å². The van der Waals surface area contributed by atoms with E-state index in [0.29, 0.717) is 23.6 Å². The first-order valence-electron chi connectivity index (χ1n) is 11.6. The third-order valence-electron chi connectivity index (χ3n) is 6.41. The quantitative estimate of drug-likeness (QED) is 0.465. The number of alkyl halides is 2. The average molecular weight is 467 g/mol. The topological polar surface area (TPSA) is 49.3 Å². The molecule has 4 nitrogen and oxygen atoms in total. The zero-order chi connectivity index (χ0) is 22.8. The molecule has 2 aromatic carbocycles. The third kappa shape index (κ3) is 4.93. The van der Waals surface area contributed by atoms with Gasteiger partial charge in [0.25, 0.3) is 6.43 Å². The number of rotatable bonds is 5. The Morgan fingerprint density at radius 2 is 1.94 bits per heavy atom. The van der Waals surface area contributed by atoms with E-state index in [1.54, 1.807) is 6.07 Å². The number of thiazole rings is 1. The van der Waals surface area contributed by atoms with Crippen molar-refractivity contribution >= 4 is 23.0 Å². The molecule has 0 saturated carbocycles. The predicted molar refractivity (Wildman–Crippen MR) is 132 cm³/mol. The van der Waals surface area contributed by atoms with Gasteiger partial charge in [0.05, 0.1) is 10.7 Å². The number of anilines is 1. The molecular formula is C26H28F2N4S. The average Bonchev–Trinajstić information content (AvgIpc) is 3.29. The molecule has 0 amide bonds. The van der Waals surface area contributed by atoms with Gasteiger partial charge in [-0.05, 0) is 73.4 Å². The van der Waals surface area contributed by atoms with Crippen LogP contribution in [-0.4, -0.2) is 24.0 Å². The van der Waals surface area contributed by atoms with Crippen molar-refractivity contribution in [2.75, 3.05) is 18.4 Å². The second kappa shape index (κ2) is 9.59. The summed E-state index contributed by atoms with van der Waals surface area (Å²) in [6.45, 7) is 3.51. The molecule has 0 fully saturated rings. The van der Waals surface area contributed by atoms with Crippen molar-refractivity contribution in [2.24, 2.45) is 4.99 Å². The molecule has 0 saturated heterocycles. The fraction of sp³-hybridized carbons (Fsp3) is 0.385. The summed E-state index contributed by atoms with van der Waals surface area (Å²) >= 11 is 1.53. The molecule has 33 heavy (non-hydrogen) atoms. The largest absolute Gasteiger partial charge is 0.356 e. The van der Waals surface area contributed by atoms with Crippen LogP contribution in [-0.2, 0) is 19.3 Å². The smallest absolute Gasteiger partial charge is 0.264 e. The first-order chi connectivity index (χ1) is 16.1. The predicted octanol–water partition coefficient (Wildman–Crippen LogP) is 6.29. The molecule has 0 unspecified atom stereocenters. The zero-order valence-corrected chi connectivity index (χ0v) is 19.6. The van der Waals surface area contributed by atoms with Gasteiger partial charge in [-0.25, -0.2) is 13.8 Å². The van der Waals surface area contributed by atoms with E-state index in [2.05, 4.69) is 33.8 Å². The number of nitrogens with zero attached hydrogens (tertiary/aromatic N) is 2. The van der Waals surface area contributed by atoms with E-state index in [1.807, 2.05) is 18.4 Å². The lowest BCUT2D eigenvalue weighted by Crippen LogP contribution is -2.35. The van der Waals surface area contributed by atoms with Gasteiger partial charge in [0.15, 0.2) is 5.96 Å². The molecule has 2 aliphatic rings. The summed E-state index contributed by atoms with van der Waals surface area (Å²) in [7, 11) is 0. The van der Waals surface area contributed by atoms with Gasteiger partial charge in [-0.15, -0.1) is 11.3 Å². The van der Waals surface area contributed by atoms with Crippen LogP contribution in [0, 0.1) is 6.92 Å². The van der Waals surface area contributed by atoms with Crippen LogP contribution in [0.1, 0.15) is 58.5 Å².